The maximum Gasteiger partial charge on any atom is 0.273 e. The molecule has 10 heteroatoms. The highest BCUT2D eigenvalue weighted by Crippen LogP contribution is 2.61. The zero-order chi connectivity index (χ0) is 30.7. The Bertz CT molecular complexity index is 1770. The van der Waals surface area contributed by atoms with Crippen LogP contribution in [0.5, 0.6) is 5.75 Å². The van der Waals surface area contributed by atoms with Gasteiger partial charge in [0.15, 0.2) is 5.78 Å². The number of carbonyl (C=O) groups is 4. The number of carbonyl (C=O) groups excluding carboxylic acids is 4. The van der Waals surface area contributed by atoms with E-state index in [9.17, 15) is 29.3 Å². The molecule has 44 heavy (non-hydrogen) atoms. The summed E-state index contributed by atoms with van der Waals surface area (Å²) in [5.74, 6) is -4.44. The van der Waals surface area contributed by atoms with Gasteiger partial charge < -0.3 is 4.74 Å². The van der Waals surface area contributed by atoms with Crippen molar-refractivity contribution in [2.75, 3.05) is 13.7 Å². The molecule has 2 bridgehead atoms. The van der Waals surface area contributed by atoms with Crippen molar-refractivity contribution < 1.29 is 28.8 Å². The minimum absolute atomic E-state index is 0.133. The van der Waals surface area contributed by atoms with Crippen LogP contribution in [0.15, 0.2) is 97.1 Å². The van der Waals surface area contributed by atoms with Gasteiger partial charge in [0.25, 0.3) is 23.4 Å². The fourth-order valence-electron chi connectivity index (χ4n) is 7.04. The monoisotopic (exact) mass is 587 g/mol. The third kappa shape index (κ3) is 4.02. The molecule has 1 fully saturated rings. The van der Waals surface area contributed by atoms with Crippen molar-refractivity contribution in [2.45, 2.75) is 11.8 Å². The third-order valence-electron chi connectivity index (χ3n) is 8.91. The molecule has 1 saturated heterocycles. The largest absolute Gasteiger partial charge is 0.497 e. The summed E-state index contributed by atoms with van der Waals surface area (Å²) in [6.07, 6.45) is 0. The number of amides is 3. The Balaban J connectivity index is 1.32. The van der Waals surface area contributed by atoms with Crippen LogP contribution in [0.25, 0.3) is 0 Å². The summed E-state index contributed by atoms with van der Waals surface area (Å²) in [5, 5.41) is 13.1. The molecule has 218 valence electrons. The molecular weight excluding hydrogens is 562 g/mol. The van der Waals surface area contributed by atoms with Gasteiger partial charge in [-0.3, -0.25) is 29.3 Å². The summed E-state index contributed by atoms with van der Waals surface area (Å²) in [6, 6.07) is 26.7. The van der Waals surface area contributed by atoms with E-state index in [1.165, 1.54) is 37.4 Å². The van der Waals surface area contributed by atoms with Crippen molar-refractivity contribution in [2.24, 2.45) is 11.8 Å². The molecule has 1 heterocycles. The molecule has 4 aliphatic rings. The zero-order valence-corrected chi connectivity index (χ0v) is 23.5. The highest BCUT2D eigenvalue weighted by Gasteiger charge is 2.63. The number of nitro benzene ring substituents is 1. The number of nitrogens with zero attached hydrogens (tertiary/aromatic N) is 3. The van der Waals surface area contributed by atoms with E-state index >= 15 is 0 Å². The fourth-order valence-corrected chi connectivity index (χ4v) is 7.04. The van der Waals surface area contributed by atoms with Crippen LogP contribution in [0.4, 0.5) is 5.69 Å². The first-order valence-corrected chi connectivity index (χ1v) is 14.1. The maximum atomic E-state index is 14.4. The van der Waals surface area contributed by atoms with Crippen LogP contribution < -0.4 is 4.74 Å². The Hall–Kier alpha value is -5.64. The molecule has 0 unspecified atom stereocenters. The van der Waals surface area contributed by atoms with Crippen molar-refractivity contribution >= 4 is 29.2 Å². The Morgan fingerprint density at radius 3 is 1.77 bits per heavy atom. The van der Waals surface area contributed by atoms with Gasteiger partial charge in [0.05, 0.1) is 23.9 Å². The molecule has 10 nitrogen and oxygen atoms in total. The van der Waals surface area contributed by atoms with Crippen LogP contribution in [-0.2, 0) is 9.59 Å². The van der Waals surface area contributed by atoms with Crippen molar-refractivity contribution in [3.8, 4) is 5.75 Å². The van der Waals surface area contributed by atoms with E-state index in [4.69, 9.17) is 4.74 Å². The number of hydrazine groups is 1. The maximum absolute atomic E-state index is 14.4. The fraction of sp³-hybridized carbons (Fsp3) is 0.176. The first-order valence-electron chi connectivity index (χ1n) is 14.1. The molecule has 2 atom stereocenters. The van der Waals surface area contributed by atoms with Crippen molar-refractivity contribution in [3.05, 3.63) is 141 Å². The van der Waals surface area contributed by atoms with Crippen LogP contribution in [0.1, 0.15) is 54.8 Å². The van der Waals surface area contributed by atoms with Crippen LogP contribution in [0, 0.1) is 22.0 Å². The summed E-state index contributed by atoms with van der Waals surface area (Å²) >= 11 is 0. The van der Waals surface area contributed by atoms with E-state index in [2.05, 4.69) is 0 Å². The third-order valence-corrected chi connectivity index (χ3v) is 8.91. The number of non-ortho nitro benzene ring substituents is 1. The number of hydrogen-bond donors (Lipinski definition) is 0. The minimum atomic E-state index is -0.877. The quantitative estimate of drug-likeness (QED) is 0.132. The molecule has 0 N–H and O–H groups in total. The summed E-state index contributed by atoms with van der Waals surface area (Å²) in [6.45, 7) is -0.639. The lowest BCUT2D eigenvalue weighted by atomic mass is 9.55. The smallest absolute Gasteiger partial charge is 0.273 e. The highest BCUT2D eigenvalue weighted by molar-refractivity contribution is 6.11. The number of ketones is 1. The number of rotatable bonds is 7. The molecule has 4 aromatic rings. The molecule has 0 aromatic heterocycles. The molecule has 3 aliphatic carbocycles. The molecule has 0 saturated carbocycles. The van der Waals surface area contributed by atoms with E-state index in [1.54, 1.807) is 12.1 Å². The van der Waals surface area contributed by atoms with Gasteiger partial charge in [0.1, 0.15) is 12.3 Å². The predicted octanol–water partition coefficient (Wildman–Crippen LogP) is 4.74. The van der Waals surface area contributed by atoms with Gasteiger partial charge in [-0.05, 0) is 52.6 Å². The molecule has 8 rings (SSSR count). The second kappa shape index (κ2) is 10.3. The summed E-state index contributed by atoms with van der Waals surface area (Å²) in [7, 11) is 1.49. The van der Waals surface area contributed by atoms with Gasteiger partial charge in [-0.15, -0.1) is 0 Å². The molecule has 4 aromatic carbocycles. The van der Waals surface area contributed by atoms with Crippen molar-refractivity contribution in [3.63, 3.8) is 0 Å². The second-order valence-electron chi connectivity index (χ2n) is 11.1. The molecule has 0 radical (unpaired) electrons. The normalized spacial score (nSPS) is 20.9. The first-order chi connectivity index (χ1) is 21.3. The van der Waals surface area contributed by atoms with Gasteiger partial charge in [0, 0.05) is 35.1 Å². The number of methoxy groups -OCH3 is 1. The van der Waals surface area contributed by atoms with E-state index in [0.717, 1.165) is 38.3 Å². The van der Waals surface area contributed by atoms with Crippen LogP contribution in [-0.4, -0.2) is 52.1 Å². The Morgan fingerprint density at radius 2 is 1.30 bits per heavy atom. The zero-order valence-electron chi connectivity index (χ0n) is 23.5. The second-order valence-corrected chi connectivity index (χ2v) is 11.1. The van der Waals surface area contributed by atoms with E-state index < -0.39 is 58.6 Å². The lowest BCUT2D eigenvalue weighted by Gasteiger charge is -2.45. The number of hydrogen-bond acceptors (Lipinski definition) is 7. The van der Waals surface area contributed by atoms with Gasteiger partial charge >= 0.3 is 0 Å². The Labute approximate surface area is 251 Å². The number of Topliss-reactive ketones (excluding diaryl/α,β-unsaturated/α-hetero) is 1. The van der Waals surface area contributed by atoms with Crippen LogP contribution in [0.3, 0.4) is 0 Å². The standard InChI is InChI=1S/C34H25N3O7/c1-44-22-15-13-19(14-16-22)27(38)18-35(32(39)20-7-6-8-21(17-20)37(42)43)36-33(40)30-28-23-9-2-3-10-24(23)29(31(30)34(36)41)26-12-5-4-11-25(26)28/h2-17,28-31H,18H2,1H3/t28?,29?,30-,31-/m0/s1. The average Bonchev–Trinajstić information content (AvgIpc) is 3.32. The van der Waals surface area contributed by atoms with E-state index in [1.807, 2.05) is 48.5 Å². The molecule has 1 aliphatic heterocycles. The summed E-state index contributed by atoms with van der Waals surface area (Å²) in [5.41, 5.74) is 3.62. The van der Waals surface area contributed by atoms with E-state index in [-0.39, 0.29) is 16.8 Å². The lowest BCUT2D eigenvalue weighted by Crippen LogP contribution is -2.52. The lowest BCUT2D eigenvalue weighted by molar-refractivity contribution is -0.384. The van der Waals surface area contributed by atoms with Gasteiger partial charge in [-0.25, -0.2) is 5.01 Å². The first kappa shape index (κ1) is 27.2. The SMILES string of the molecule is COc1ccc(C(=O)CN(C(=O)c2cccc([N+](=O)[O-])c2)N2C(=O)[C@H]3C4c5ccccc5C(c5ccccc54)[C@@H]3C2=O)cc1. The number of ether oxygens (including phenoxy) is 1. The van der Waals surface area contributed by atoms with Gasteiger partial charge in [-0.2, -0.15) is 5.01 Å². The number of imide groups is 1. The van der Waals surface area contributed by atoms with Crippen molar-refractivity contribution in [1.82, 2.24) is 10.0 Å². The van der Waals surface area contributed by atoms with Crippen LogP contribution >= 0.6 is 0 Å². The predicted molar refractivity (Wildman–Crippen MR) is 157 cm³/mol. The highest BCUT2D eigenvalue weighted by atomic mass is 16.6. The van der Waals surface area contributed by atoms with Gasteiger partial charge in [-0.1, -0.05) is 54.6 Å². The Kier molecular flexibility index (Phi) is 6.35. The summed E-state index contributed by atoms with van der Waals surface area (Å²) in [4.78, 5) is 67.2. The summed E-state index contributed by atoms with van der Waals surface area (Å²) < 4.78 is 5.17. The minimum Gasteiger partial charge on any atom is -0.497 e. The average molecular weight is 588 g/mol. The van der Waals surface area contributed by atoms with Gasteiger partial charge in [0.2, 0.25) is 0 Å². The Morgan fingerprint density at radius 1 is 0.773 bits per heavy atom. The number of benzene rings is 4. The van der Waals surface area contributed by atoms with Crippen molar-refractivity contribution in [1.29, 1.82) is 0 Å². The topological polar surface area (TPSA) is 127 Å². The number of nitro groups is 1. The van der Waals surface area contributed by atoms with E-state index in [0.29, 0.717) is 5.75 Å². The molecule has 3 amide bonds. The van der Waals surface area contributed by atoms with Crippen LogP contribution in [0.2, 0.25) is 0 Å². The molecular formula is C34H25N3O7. The molecule has 0 spiro atoms.